The second kappa shape index (κ2) is 4.66. The van der Waals surface area contributed by atoms with E-state index in [0.29, 0.717) is 11.8 Å². The van der Waals surface area contributed by atoms with E-state index in [-0.39, 0.29) is 0 Å². The summed E-state index contributed by atoms with van der Waals surface area (Å²) in [5, 5.41) is 1.09. The van der Waals surface area contributed by atoms with E-state index >= 15 is 0 Å². The van der Waals surface area contributed by atoms with E-state index in [1.165, 1.54) is 11.1 Å². The Balaban J connectivity index is 1.88. The molecule has 1 saturated carbocycles. The van der Waals surface area contributed by atoms with Gasteiger partial charge < -0.3 is 0 Å². The Morgan fingerprint density at radius 2 is 1.12 bits per heavy atom. The Hall–Kier alpha value is -1.08. The van der Waals surface area contributed by atoms with Crippen LogP contribution in [0, 0.1) is 5.92 Å². The molecular formula is C16H15Br. The van der Waals surface area contributed by atoms with Crippen LogP contribution >= 0.6 is 15.9 Å². The van der Waals surface area contributed by atoms with Crippen molar-refractivity contribution < 1.29 is 0 Å². The molecule has 0 spiro atoms. The molecule has 1 heteroatoms. The summed E-state index contributed by atoms with van der Waals surface area (Å²) in [4.78, 5) is 0. The van der Waals surface area contributed by atoms with Gasteiger partial charge in [-0.1, -0.05) is 76.6 Å². The van der Waals surface area contributed by atoms with Crippen molar-refractivity contribution in [3.8, 4) is 0 Å². The molecule has 0 N–H and O–H groups in total. The zero-order valence-electron chi connectivity index (χ0n) is 9.59. The molecule has 2 atom stereocenters. The lowest BCUT2D eigenvalue weighted by Gasteiger charge is -2.00. The fourth-order valence-electron chi connectivity index (χ4n) is 2.83. The van der Waals surface area contributed by atoms with Crippen LogP contribution in [0.3, 0.4) is 0 Å². The molecule has 1 aliphatic rings. The second-order valence-corrected chi connectivity index (χ2v) is 5.34. The van der Waals surface area contributed by atoms with Crippen molar-refractivity contribution in [1.29, 1.82) is 0 Å². The molecule has 0 aromatic heterocycles. The molecule has 0 heterocycles. The normalized spacial score (nSPS) is 26.8. The van der Waals surface area contributed by atoms with Gasteiger partial charge in [0.2, 0.25) is 0 Å². The quantitative estimate of drug-likeness (QED) is 0.725. The molecule has 0 saturated heterocycles. The van der Waals surface area contributed by atoms with Gasteiger partial charge in [-0.15, -0.1) is 0 Å². The summed E-state index contributed by atoms with van der Waals surface area (Å²) < 4.78 is 0. The lowest BCUT2D eigenvalue weighted by molar-refractivity contribution is 0.919. The van der Waals surface area contributed by atoms with Crippen LogP contribution in [0.4, 0.5) is 0 Å². The van der Waals surface area contributed by atoms with Gasteiger partial charge in [0.15, 0.2) is 0 Å². The standard InChI is InChI=1S/C16H15Br/c17-11-14-15(12-7-3-1-4-8-12)16(14)13-9-5-2-6-10-13/h1-10,14-16H,11H2. The van der Waals surface area contributed by atoms with E-state index in [1.807, 2.05) is 0 Å². The van der Waals surface area contributed by atoms with Gasteiger partial charge in [0.1, 0.15) is 0 Å². The van der Waals surface area contributed by atoms with Crippen molar-refractivity contribution in [2.75, 3.05) is 5.33 Å². The van der Waals surface area contributed by atoms with Crippen LogP contribution in [0.1, 0.15) is 23.0 Å². The third kappa shape index (κ3) is 2.04. The molecule has 0 aliphatic heterocycles. The van der Waals surface area contributed by atoms with Crippen molar-refractivity contribution >= 4 is 15.9 Å². The first-order valence-electron chi connectivity index (χ1n) is 6.07. The maximum absolute atomic E-state index is 3.65. The number of hydrogen-bond donors (Lipinski definition) is 0. The van der Waals surface area contributed by atoms with Crippen molar-refractivity contribution in [3.63, 3.8) is 0 Å². The van der Waals surface area contributed by atoms with E-state index in [0.717, 1.165) is 11.2 Å². The summed E-state index contributed by atoms with van der Waals surface area (Å²) in [5.74, 6) is 2.13. The predicted molar refractivity (Wildman–Crippen MR) is 75.7 cm³/mol. The highest BCUT2D eigenvalue weighted by molar-refractivity contribution is 9.09. The van der Waals surface area contributed by atoms with Crippen molar-refractivity contribution in [3.05, 3.63) is 71.8 Å². The zero-order valence-corrected chi connectivity index (χ0v) is 11.2. The van der Waals surface area contributed by atoms with E-state index in [4.69, 9.17) is 0 Å². The maximum Gasteiger partial charge on any atom is 0.00718 e. The minimum Gasteiger partial charge on any atom is -0.0925 e. The molecule has 0 nitrogen and oxygen atoms in total. The Bertz CT molecular complexity index is 432. The fraction of sp³-hybridized carbons (Fsp3) is 0.250. The van der Waals surface area contributed by atoms with Crippen LogP contribution in [-0.2, 0) is 0 Å². The first-order valence-corrected chi connectivity index (χ1v) is 7.20. The lowest BCUT2D eigenvalue weighted by atomic mass is 10.0. The molecule has 17 heavy (non-hydrogen) atoms. The average molecular weight is 287 g/mol. The maximum atomic E-state index is 3.65. The Kier molecular flexibility index (Phi) is 3.02. The molecule has 2 aromatic carbocycles. The lowest BCUT2D eigenvalue weighted by Crippen LogP contribution is -1.82. The minimum atomic E-state index is 0.693. The third-order valence-electron chi connectivity index (χ3n) is 3.72. The highest BCUT2D eigenvalue weighted by atomic mass is 79.9. The smallest absolute Gasteiger partial charge is 0.00718 e. The van der Waals surface area contributed by atoms with Crippen molar-refractivity contribution in [1.82, 2.24) is 0 Å². The third-order valence-corrected chi connectivity index (χ3v) is 4.46. The molecule has 86 valence electrons. The van der Waals surface area contributed by atoms with Crippen LogP contribution in [0.25, 0.3) is 0 Å². The van der Waals surface area contributed by atoms with E-state index in [2.05, 4.69) is 76.6 Å². The summed E-state index contributed by atoms with van der Waals surface area (Å²) in [6, 6.07) is 21.8. The van der Waals surface area contributed by atoms with Crippen LogP contribution < -0.4 is 0 Å². The van der Waals surface area contributed by atoms with Crippen molar-refractivity contribution in [2.24, 2.45) is 5.92 Å². The number of halogens is 1. The minimum absolute atomic E-state index is 0.693. The zero-order chi connectivity index (χ0) is 11.7. The Labute approximate surface area is 111 Å². The molecule has 0 bridgehead atoms. The predicted octanol–water partition coefficient (Wildman–Crippen LogP) is 4.58. The summed E-state index contributed by atoms with van der Waals surface area (Å²) in [6.07, 6.45) is 0. The molecule has 3 rings (SSSR count). The van der Waals surface area contributed by atoms with Crippen LogP contribution in [-0.4, -0.2) is 5.33 Å². The SMILES string of the molecule is BrCC1C(c2ccccc2)C1c1ccccc1. The van der Waals surface area contributed by atoms with Gasteiger partial charge in [-0.05, 0) is 28.9 Å². The van der Waals surface area contributed by atoms with Gasteiger partial charge in [0, 0.05) is 5.33 Å². The van der Waals surface area contributed by atoms with Crippen LogP contribution in [0.2, 0.25) is 0 Å². The molecule has 0 amide bonds. The van der Waals surface area contributed by atoms with E-state index < -0.39 is 0 Å². The van der Waals surface area contributed by atoms with Gasteiger partial charge >= 0.3 is 0 Å². The second-order valence-electron chi connectivity index (χ2n) is 4.69. The van der Waals surface area contributed by atoms with Gasteiger partial charge in [0.25, 0.3) is 0 Å². The molecule has 1 aliphatic carbocycles. The highest BCUT2D eigenvalue weighted by Gasteiger charge is 2.50. The first kappa shape index (κ1) is 11.0. The number of benzene rings is 2. The largest absolute Gasteiger partial charge is 0.0925 e. The highest BCUT2D eigenvalue weighted by Crippen LogP contribution is 2.60. The van der Waals surface area contributed by atoms with Crippen LogP contribution in [0.15, 0.2) is 60.7 Å². The Morgan fingerprint density at radius 3 is 1.47 bits per heavy atom. The van der Waals surface area contributed by atoms with E-state index in [1.54, 1.807) is 0 Å². The Morgan fingerprint density at radius 1 is 0.706 bits per heavy atom. The summed E-state index contributed by atoms with van der Waals surface area (Å²) in [6.45, 7) is 0. The van der Waals surface area contributed by atoms with Gasteiger partial charge in [-0.25, -0.2) is 0 Å². The van der Waals surface area contributed by atoms with E-state index in [9.17, 15) is 0 Å². The summed E-state index contributed by atoms with van der Waals surface area (Å²) in [7, 11) is 0. The average Bonchev–Trinajstić information content (AvgIpc) is 3.15. The molecular weight excluding hydrogens is 272 g/mol. The van der Waals surface area contributed by atoms with Crippen molar-refractivity contribution in [2.45, 2.75) is 11.8 Å². The number of rotatable bonds is 3. The number of alkyl halides is 1. The molecule has 2 unspecified atom stereocenters. The molecule has 2 aromatic rings. The topological polar surface area (TPSA) is 0 Å². The number of hydrogen-bond acceptors (Lipinski definition) is 0. The summed E-state index contributed by atoms with van der Waals surface area (Å²) in [5.41, 5.74) is 2.96. The van der Waals surface area contributed by atoms with Crippen LogP contribution in [0.5, 0.6) is 0 Å². The molecule has 1 fully saturated rings. The molecule has 0 radical (unpaired) electrons. The van der Waals surface area contributed by atoms with Gasteiger partial charge in [-0.3, -0.25) is 0 Å². The first-order chi connectivity index (χ1) is 8.42. The van der Waals surface area contributed by atoms with Gasteiger partial charge in [-0.2, -0.15) is 0 Å². The van der Waals surface area contributed by atoms with Gasteiger partial charge in [0.05, 0.1) is 0 Å². The summed E-state index contributed by atoms with van der Waals surface area (Å²) >= 11 is 3.65. The monoisotopic (exact) mass is 286 g/mol. The fourth-order valence-corrected chi connectivity index (χ4v) is 3.63.